The SMILES string of the molecule is Cc1nc(CCNS(=O)(=O)c2cc(C)c(F)c(N)c2)no1. The summed E-state index contributed by atoms with van der Waals surface area (Å²) in [6, 6.07) is 2.32. The number of nitrogens with two attached hydrogens (primary N) is 1. The van der Waals surface area contributed by atoms with Crippen LogP contribution in [0.3, 0.4) is 0 Å². The van der Waals surface area contributed by atoms with Crippen LogP contribution in [0.15, 0.2) is 21.6 Å². The molecule has 0 amide bonds. The van der Waals surface area contributed by atoms with Crippen molar-refractivity contribution in [1.82, 2.24) is 14.9 Å². The van der Waals surface area contributed by atoms with Gasteiger partial charge in [0, 0.05) is 19.9 Å². The van der Waals surface area contributed by atoms with Crippen LogP contribution in [-0.4, -0.2) is 25.1 Å². The molecule has 0 fully saturated rings. The average Bonchev–Trinajstić information content (AvgIpc) is 2.81. The summed E-state index contributed by atoms with van der Waals surface area (Å²) in [6.07, 6.45) is 0.284. The van der Waals surface area contributed by atoms with E-state index in [1.54, 1.807) is 6.92 Å². The number of nitrogens with zero attached hydrogens (tertiary/aromatic N) is 2. The van der Waals surface area contributed by atoms with Gasteiger partial charge in [-0.25, -0.2) is 17.5 Å². The second-order valence-corrected chi connectivity index (χ2v) is 6.29. The maximum absolute atomic E-state index is 13.4. The number of hydrogen-bond acceptors (Lipinski definition) is 6. The molecule has 0 aliphatic heterocycles. The van der Waals surface area contributed by atoms with Crippen molar-refractivity contribution in [1.29, 1.82) is 0 Å². The Balaban J connectivity index is 2.08. The Morgan fingerprint density at radius 1 is 1.38 bits per heavy atom. The minimum Gasteiger partial charge on any atom is -0.396 e. The van der Waals surface area contributed by atoms with Gasteiger partial charge in [0.15, 0.2) is 5.82 Å². The summed E-state index contributed by atoms with van der Waals surface area (Å²) < 4.78 is 44.7. The molecule has 0 unspecified atom stereocenters. The number of benzene rings is 1. The van der Waals surface area contributed by atoms with Crippen LogP contribution < -0.4 is 10.5 Å². The quantitative estimate of drug-likeness (QED) is 0.794. The zero-order chi connectivity index (χ0) is 15.6. The number of nitrogen functional groups attached to an aromatic ring is 1. The topological polar surface area (TPSA) is 111 Å². The fraction of sp³-hybridized carbons (Fsp3) is 0.333. The summed E-state index contributed by atoms with van der Waals surface area (Å²) in [7, 11) is -3.77. The molecule has 1 aromatic carbocycles. The van der Waals surface area contributed by atoms with Gasteiger partial charge in [-0.15, -0.1) is 0 Å². The van der Waals surface area contributed by atoms with Gasteiger partial charge in [-0.1, -0.05) is 5.16 Å². The van der Waals surface area contributed by atoms with Crippen molar-refractivity contribution in [2.45, 2.75) is 25.2 Å². The zero-order valence-corrected chi connectivity index (χ0v) is 12.4. The van der Waals surface area contributed by atoms with Crippen LogP contribution >= 0.6 is 0 Å². The monoisotopic (exact) mass is 314 g/mol. The average molecular weight is 314 g/mol. The number of sulfonamides is 1. The summed E-state index contributed by atoms with van der Waals surface area (Å²) in [5, 5.41) is 3.66. The molecule has 9 heteroatoms. The Morgan fingerprint density at radius 2 is 2.10 bits per heavy atom. The molecule has 0 bridgehead atoms. The summed E-state index contributed by atoms with van der Waals surface area (Å²) in [4.78, 5) is 3.88. The lowest BCUT2D eigenvalue weighted by Gasteiger charge is -2.08. The van der Waals surface area contributed by atoms with Crippen molar-refractivity contribution < 1.29 is 17.3 Å². The van der Waals surface area contributed by atoms with Gasteiger partial charge < -0.3 is 10.3 Å². The highest BCUT2D eigenvalue weighted by atomic mass is 32.2. The van der Waals surface area contributed by atoms with Crippen molar-refractivity contribution in [3.8, 4) is 0 Å². The predicted octanol–water partition coefficient (Wildman–Crippen LogP) is 0.929. The summed E-state index contributed by atoms with van der Waals surface area (Å²) >= 11 is 0. The molecule has 2 aromatic rings. The zero-order valence-electron chi connectivity index (χ0n) is 11.6. The number of aromatic nitrogens is 2. The van der Waals surface area contributed by atoms with E-state index in [-0.39, 0.29) is 29.1 Å². The molecule has 3 N–H and O–H groups in total. The standard InChI is InChI=1S/C12H15FN4O3S/c1-7-5-9(6-10(14)12(7)13)21(18,19)15-4-3-11-16-8(2)20-17-11/h5-6,15H,3-4,14H2,1-2H3. The highest BCUT2D eigenvalue weighted by Crippen LogP contribution is 2.20. The molecule has 7 nitrogen and oxygen atoms in total. The van der Waals surface area contributed by atoms with E-state index in [0.717, 1.165) is 6.07 Å². The summed E-state index contributed by atoms with van der Waals surface area (Å²) in [5.74, 6) is 0.205. The number of halogens is 1. The molecule has 2 rings (SSSR count). The number of hydrogen-bond donors (Lipinski definition) is 2. The first kappa shape index (κ1) is 15.4. The van der Waals surface area contributed by atoms with Crippen LogP contribution in [0.4, 0.5) is 10.1 Å². The maximum atomic E-state index is 13.4. The third-order valence-corrected chi connectivity index (χ3v) is 4.22. The highest BCUT2D eigenvalue weighted by Gasteiger charge is 2.17. The highest BCUT2D eigenvalue weighted by molar-refractivity contribution is 7.89. The van der Waals surface area contributed by atoms with E-state index in [1.165, 1.54) is 13.0 Å². The van der Waals surface area contributed by atoms with Gasteiger partial charge in [0.2, 0.25) is 15.9 Å². The molecule has 114 valence electrons. The van der Waals surface area contributed by atoms with Gasteiger partial charge in [-0.05, 0) is 24.6 Å². The first-order chi connectivity index (χ1) is 9.79. The molecule has 0 radical (unpaired) electrons. The fourth-order valence-corrected chi connectivity index (χ4v) is 2.89. The number of anilines is 1. The molecular formula is C12H15FN4O3S. The van der Waals surface area contributed by atoms with Crippen LogP contribution in [0, 0.1) is 19.7 Å². The third-order valence-electron chi connectivity index (χ3n) is 2.78. The molecule has 0 saturated carbocycles. The summed E-state index contributed by atoms with van der Waals surface area (Å²) in [6.45, 7) is 3.19. The van der Waals surface area contributed by atoms with Crippen LogP contribution in [0.2, 0.25) is 0 Å². The first-order valence-corrected chi connectivity index (χ1v) is 7.62. The molecular weight excluding hydrogens is 299 g/mol. The van der Waals surface area contributed by atoms with E-state index in [0.29, 0.717) is 11.7 Å². The van der Waals surface area contributed by atoms with E-state index in [1.807, 2.05) is 0 Å². The Labute approximate surface area is 121 Å². The number of rotatable bonds is 5. The molecule has 21 heavy (non-hydrogen) atoms. The molecule has 0 atom stereocenters. The fourth-order valence-electron chi connectivity index (χ4n) is 1.74. The Hall–Kier alpha value is -2.00. The van der Waals surface area contributed by atoms with Crippen LogP contribution in [0.1, 0.15) is 17.3 Å². The second-order valence-electron chi connectivity index (χ2n) is 4.52. The largest absolute Gasteiger partial charge is 0.396 e. The van der Waals surface area contributed by atoms with E-state index in [2.05, 4.69) is 14.9 Å². The van der Waals surface area contributed by atoms with Gasteiger partial charge in [0.05, 0.1) is 10.6 Å². The van der Waals surface area contributed by atoms with Crippen LogP contribution in [0.25, 0.3) is 0 Å². The van der Waals surface area contributed by atoms with Gasteiger partial charge in [0.25, 0.3) is 0 Å². The predicted molar refractivity (Wildman–Crippen MR) is 73.5 cm³/mol. The van der Waals surface area contributed by atoms with Crippen molar-refractivity contribution in [2.24, 2.45) is 0 Å². The second kappa shape index (κ2) is 5.78. The lowest BCUT2D eigenvalue weighted by Crippen LogP contribution is -2.26. The minimum absolute atomic E-state index is 0.0804. The molecule has 1 aromatic heterocycles. The van der Waals surface area contributed by atoms with Crippen LogP contribution in [0.5, 0.6) is 0 Å². The maximum Gasteiger partial charge on any atom is 0.240 e. The molecule has 0 aliphatic rings. The third kappa shape index (κ3) is 3.56. The van der Waals surface area contributed by atoms with Crippen molar-refractivity contribution in [3.05, 3.63) is 35.2 Å². The molecule has 0 aliphatic carbocycles. The molecule has 0 saturated heterocycles. The normalized spacial score (nSPS) is 11.8. The van der Waals surface area contributed by atoms with Gasteiger partial charge in [-0.2, -0.15) is 4.98 Å². The van der Waals surface area contributed by atoms with Crippen molar-refractivity contribution >= 4 is 15.7 Å². The smallest absolute Gasteiger partial charge is 0.240 e. The number of aryl methyl sites for hydroxylation is 2. The van der Waals surface area contributed by atoms with Gasteiger partial charge >= 0.3 is 0 Å². The summed E-state index contributed by atoms with van der Waals surface area (Å²) in [5.41, 5.74) is 5.41. The Bertz CT molecular complexity index is 735. The lowest BCUT2D eigenvalue weighted by molar-refractivity contribution is 0.387. The minimum atomic E-state index is -3.77. The number of nitrogens with one attached hydrogen (secondary N) is 1. The van der Waals surface area contributed by atoms with Gasteiger partial charge in [-0.3, -0.25) is 0 Å². The molecule has 1 heterocycles. The van der Waals surface area contributed by atoms with Crippen molar-refractivity contribution in [2.75, 3.05) is 12.3 Å². The van der Waals surface area contributed by atoms with E-state index >= 15 is 0 Å². The van der Waals surface area contributed by atoms with E-state index < -0.39 is 15.8 Å². The van der Waals surface area contributed by atoms with E-state index in [9.17, 15) is 12.8 Å². The first-order valence-electron chi connectivity index (χ1n) is 6.14. The Morgan fingerprint density at radius 3 is 2.67 bits per heavy atom. The molecule has 0 spiro atoms. The Kier molecular flexibility index (Phi) is 4.24. The van der Waals surface area contributed by atoms with Crippen LogP contribution in [-0.2, 0) is 16.4 Å². The van der Waals surface area contributed by atoms with Gasteiger partial charge in [0.1, 0.15) is 5.82 Å². The van der Waals surface area contributed by atoms with Crippen molar-refractivity contribution in [3.63, 3.8) is 0 Å². The van der Waals surface area contributed by atoms with E-state index in [4.69, 9.17) is 10.3 Å². The lowest BCUT2D eigenvalue weighted by atomic mass is 10.2.